The third-order valence-electron chi connectivity index (χ3n) is 4.91. The van der Waals surface area contributed by atoms with Crippen molar-refractivity contribution >= 4 is 37.3 Å². The van der Waals surface area contributed by atoms with Crippen molar-refractivity contribution in [2.24, 2.45) is 4.99 Å². The number of aryl methyl sites for hydroxylation is 1. The van der Waals surface area contributed by atoms with Crippen LogP contribution in [-0.2, 0) is 19.9 Å². The molecule has 1 heterocycles. The molecule has 2 aromatic rings. The molecule has 166 valence electrons. The van der Waals surface area contributed by atoms with Crippen LogP contribution < -0.4 is 10.0 Å². The maximum Gasteiger partial charge on any atom is 0.262 e. The maximum absolute atomic E-state index is 12.8. The molecule has 0 saturated carbocycles. The summed E-state index contributed by atoms with van der Waals surface area (Å²) in [7, 11) is -7.31. The Balaban J connectivity index is 1.82. The number of carbonyl (C=O) groups excluding carboxylic acids is 1. The minimum atomic E-state index is -3.84. The summed E-state index contributed by atoms with van der Waals surface area (Å²) in [5.74, 6) is -0.0844. The average Bonchev–Trinajstić information content (AvgIpc) is 2.95. The number of nitrogens with zero attached hydrogens (tertiary/aromatic N) is 1. The summed E-state index contributed by atoms with van der Waals surface area (Å²) >= 11 is 0. The largest absolute Gasteiger partial charge is 0.322 e. The highest BCUT2D eigenvalue weighted by Gasteiger charge is 2.19. The fraction of sp³-hybridized carbons (Fsp3) is 0.333. The van der Waals surface area contributed by atoms with Crippen molar-refractivity contribution < 1.29 is 21.6 Å². The maximum atomic E-state index is 12.8. The molecule has 0 fully saturated rings. The lowest BCUT2D eigenvalue weighted by Crippen LogP contribution is -2.30. The topological polar surface area (TPSA) is 122 Å². The van der Waals surface area contributed by atoms with E-state index in [1.54, 1.807) is 19.1 Å². The van der Waals surface area contributed by atoms with Gasteiger partial charge in [0.1, 0.15) is 5.84 Å². The predicted octanol–water partition coefficient (Wildman–Crippen LogP) is 2.90. The van der Waals surface area contributed by atoms with E-state index in [9.17, 15) is 21.6 Å². The van der Waals surface area contributed by atoms with E-state index in [0.29, 0.717) is 24.4 Å². The molecule has 0 bridgehead atoms. The van der Waals surface area contributed by atoms with Crippen LogP contribution in [0.4, 0.5) is 5.69 Å². The predicted molar refractivity (Wildman–Crippen MR) is 120 cm³/mol. The highest BCUT2D eigenvalue weighted by atomic mass is 32.2. The Hall–Kier alpha value is -2.72. The van der Waals surface area contributed by atoms with E-state index in [1.165, 1.54) is 30.3 Å². The van der Waals surface area contributed by atoms with Crippen molar-refractivity contribution in [3.8, 4) is 0 Å². The molecule has 2 aromatic carbocycles. The van der Waals surface area contributed by atoms with Crippen molar-refractivity contribution in [3.05, 3.63) is 53.6 Å². The van der Waals surface area contributed by atoms with Crippen molar-refractivity contribution in [2.45, 2.75) is 42.4 Å². The molecule has 0 unspecified atom stereocenters. The molecule has 3 rings (SSSR count). The van der Waals surface area contributed by atoms with Gasteiger partial charge in [0.15, 0.2) is 9.84 Å². The Morgan fingerprint density at radius 2 is 1.74 bits per heavy atom. The van der Waals surface area contributed by atoms with E-state index in [4.69, 9.17) is 0 Å². The molecule has 31 heavy (non-hydrogen) atoms. The first-order valence-electron chi connectivity index (χ1n) is 9.84. The molecule has 2 N–H and O–H groups in total. The number of nitrogens with one attached hydrogen (secondary N) is 2. The van der Waals surface area contributed by atoms with E-state index >= 15 is 0 Å². The van der Waals surface area contributed by atoms with Gasteiger partial charge in [-0.25, -0.2) is 16.8 Å². The Morgan fingerprint density at radius 3 is 2.48 bits per heavy atom. The van der Waals surface area contributed by atoms with Crippen LogP contribution in [0, 0.1) is 6.92 Å². The van der Waals surface area contributed by atoms with Gasteiger partial charge in [-0.3, -0.25) is 14.5 Å². The van der Waals surface area contributed by atoms with E-state index in [1.807, 2.05) is 0 Å². The van der Waals surface area contributed by atoms with Gasteiger partial charge >= 0.3 is 0 Å². The van der Waals surface area contributed by atoms with Crippen molar-refractivity contribution in [1.82, 2.24) is 4.72 Å². The molecule has 0 spiro atoms. The van der Waals surface area contributed by atoms with Gasteiger partial charge in [-0.05, 0) is 55.7 Å². The lowest BCUT2D eigenvalue weighted by Gasteiger charge is -2.12. The number of rotatable bonds is 5. The molecule has 8 nitrogen and oxygen atoms in total. The van der Waals surface area contributed by atoms with E-state index in [2.05, 4.69) is 15.0 Å². The van der Waals surface area contributed by atoms with Gasteiger partial charge in [-0.1, -0.05) is 18.6 Å². The van der Waals surface area contributed by atoms with Crippen LogP contribution in [-0.4, -0.2) is 41.4 Å². The second-order valence-electron chi connectivity index (χ2n) is 7.48. The lowest BCUT2D eigenvalue weighted by atomic mass is 10.1. The van der Waals surface area contributed by atoms with E-state index in [-0.39, 0.29) is 21.0 Å². The fourth-order valence-corrected chi connectivity index (χ4v) is 4.97. The first-order valence-corrected chi connectivity index (χ1v) is 13.2. The van der Waals surface area contributed by atoms with E-state index < -0.39 is 25.8 Å². The number of amidine groups is 1. The smallest absolute Gasteiger partial charge is 0.262 e. The number of sulfonamides is 1. The summed E-state index contributed by atoms with van der Waals surface area (Å²) in [5, 5.41) is 2.65. The summed E-state index contributed by atoms with van der Waals surface area (Å²) in [6.45, 7) is 2.29. The molecule has 1 amide bonds. The third-order valence-corrected chi connectivity index (χ3v) is 7.40. The first-order chi connectivity index (χ1) is 14.6. The lowest BCUT2D eigenvalue weighted by molar-refractivity contribution is 0.102. The number of aliphatic imine (C=N–C) groups is 1. The number of benzene rings is 2. The van der Waals surface area contributed by atoms with Crippen LogP contribution in [0.25, 0.3) is 0 Å². The standard InChI is InChI=1S/C21H25N3O5S2/c1-15-10-11-17(30(2,26)27)14-19(15)21(25)23-16-7-6-8-18(13-16)31(28,29)24-20-9-4-3-5-12-22-20/h6-8,10-11,13-14H,3-5,9,12H2,1-2H3,(H,22,24)(H,23,25). The summed E-state index contributed by atoms with van der Waals surface area (Å²) in [6, 6.07) is 10.2. The van der Waals surface area contributed by atoms with Crippen LogP contribution in [0.1, 0.15) is 41.6 Å². The number of hydrogen-bond donors (Lipinski definition) is 2. The number of carbonyl (C=O) groups is 1. The van der Waals surface area contributed by atoms with Gasteiger partial charge in [0, 0.05) is 30.5 Å². The van der Waals surface area contributed by atoms with Gasteiger partial charge in [0.25, 0.3) is 15.9 Å². The van der Waals surface area contributed by atoms with Crippen molar-refractivity contribution in [2.75, 3.05) is 18.1 Å². The monoisotopic (exact) mass is 463 g/mol. The van der Waals surface area contributed by atoms with Crippen LogP contribution >= 0.6 is 0 Å². The van der Waals surface area contributed by atoms with Crippen LogP contribution in [0.5, 0.6) is 0 Å². The second-order valence-corrected chi connectivity index (χ2v) is 11.2. The third kappa shape index (κ3) is 5.92. The molecular formula is C21H25N3O5S2. The summed E-state index contributed by atoms with van der Waals surface area (Å²) in [5.41, 5.74) is 1.07. The number of hydrogen-bond acceptors (Lipinski definition) is 6. The Labute approximate surface area is 182 Å². The fourth-order valence-electron chi connectivity index (χ4n) is 3.19. The summed E-state index contributed by atoms with van der Waals surface area (Å²) in [4.78, 5) is 17.1. The Morgan fingerprint density at radius 1 is 0.968 bits per heavy atom. The van der Waals surface area contributed by atoms with Gasteiger partial charge in [-0.15, -0.1) is 0 Å². The summed E-state index contributed by atoms with van der Waals surface area (Å²) in [6.07, 6.45) is 4.47. The molecule has 10 heteroatoms. The van der Waals surface area contributed by atoms with Crippen molar-refractivity contribution in [3.63, 3.8) is 0 Å². The van der Waals surface area contributed by atoms with Gasteiger partial charge in [0.05, 0.1) is 9.79 Å². The zero-order valence-electron chi connectivity index (χ0n) is 17.4. The van der Waals surface area contributed by atoms with Crippen LogP contribution in [0.15, 0.2) is 57.2 Å². The molecule has 0 aliphatic carbocycles. The number of sulfone groups is 1. The van der Waals surface area contributed by atoms with Gasteiger partial charge in [0.2, 0.25) is 0 Å². The normalized spacial score (nSPS) is 15.0. The molecule has 1 aliphatic rings. The summed E-state index contributed by atoms with van der Waals surface area (Å²) < 4.78 is 51.7. The highest BCUT2D eigenvalue weighted by Crippen LogP contribution is 2.20. The van der Waals surface area contributed by atoms with Crippen molar-refractivity contribution in [1.29, 1.82) is 0 Å². The van der Waals surface area contributed by atoms with Crippen LogP contribution in [0.3, 0.4) is 0 Å². The minimum Gasteiger partial charge on any atom is -0.322 e. The first kappa shape index (κ1) is 23.0. The molecular weight excluding hydrogens is 438 g/mol. The number of amides is 1. The zero-order valence-corrected chi connectivity index (χ0v) is 19.0. The van der Waals surface area contributed by atoms with Gasteiger partial charge < -0.3 is 5.32 Å². The SMILES string of the molecule is Cc1ccc(S(C)(=O)=O)cc1C(=O)Nc1cccc(S(=O)(=O)NC2=NCCCCC2)c1. The molecule has 0 radical (unpaired) electrons. The molecule has 0 aromatic heterocycles. The van der Waals surface area contributed by atoms with Crippen LogP contribution in [0.2, 0.25) is 0 Å². The molecule has 0 saturated heterocycles. The molecule has 1 aliphatic heterocycles. The number of anilines is 1. The quantitative estimate of drug-likeness (QED) is 0.706. The highest BCUT2D eigenvalue weighted by molar-refractivity contribution is 7.90. The van der Waals surface area contributed by atoms with E-state index in [0.717, 1.165) is 25.5 Å². The zero-order chi connectivity index (χ0) is 22.6. The second kappa shape index (κ2) is 9.19. The Kier molecular flexibility index (Phi) is 6.80. The average molecular weight is 464 g/mol. The van der Waals surface area contributed by atoms with Gasteiger partial charge in [-0.2, -0.15) is 0 Å². The minimum absolute atomic E-state index is 0.00106. The Bertz CT molecular complexity index is 1240. The molecule has 0 atom stereocenters.